The Morgan fingerprint density at radius 3 is 2.50 bits per heavy atom. The van der Waals surface area contributed by atoms with Crippen LogP contribution in [0.1, 0.15) is 30.5 Å². The predicted octanol–water partition coefficient (Wildman–Crippen LogP) is 2.38. The zero-order valence-corrected chi connectivity index (χ0v) is 15.1. The van der Waals surface area contributed by atoms with Crippen LogP contribution in [0.5, 0.6) is 11.5 Å². The number of phenols is 1. The molecule has 7 nitrogen and oxygen atoms in total. The molecule has 0 amide bonds. The van der Waals surface area contributed by atoms with Gasteiger partial charge in [0.25, 0.3) is 0 Å². The lowest BCUT2D eigenvalue weighted by molar-refractivity contribution is 0.300. The van der Waals surface area contributed by atoms with Crippen LogP contribution in [0.2, 0.25) is 0 Å². The van der Waals surface area contributed by atoms with Crippen molar-refractivity contribution in [1.82, 2.24) is 19.8 Å². The number of nitrogens with zero attached hydrogens (tertiary/aromatic N) is 4. The van der Waals surface area contributed by atoms with Crippen molar-refractivity contribution in [3.63, 3.8) is 0 Å². The maximum atomic E-state index is 12.3. The number of aromatic hydroxyl groups is 1. The van der Waals surface area contributed by atoms with E-state index in [9.17, 15) is 9.90 Å². The van der Waals surface area contributed by atoms with Crippen LogP contribution in [0, 0.1) is 0 Å². The fourth-order valence-electron chi connectivity index (χ4n) is 2.92. The van der Waals surface area contributed by atoms with Crippen LogP contribution in [-0.4, -0.2) is 24.9 Å². The topological polar surface area (TPSA) is 82.2 Å². The molecule has 0 aliphatic carbocycles. The molecule has 0 radical (unpaired) electrons. The third-order valence-electron chi connectivity index (χ3n) is 4.38. The maximum Gasteiger partial charge on any atom is 0.368 e. The van der Waals surface area contributed by atoms with Crippen LogP contribution in [0.4, 0.5) is 0 Å². The molecule has 0 aliphatic rings. The van der Waals surface area contributed by atoms with Gasteiger partial charge < -0.3 is 9.84 Å². The van der Waals surface area contributed by atoms with Crippen LogP contribution in [0.15, 0.2) is 41.2 Å². The van der Waals surface area contributed by atoms with E-state index < -0.39 is 0 Å². The van der Waals surface area contributed by atoms with Gasteiger partial charge in [-0.25, -0.2) is 4.79 Å². The molecule has 1 heterocycles. The third kappa shape index (κ3) is 3.33. The van der Waals surface area contributed by atoms with E-state index in [1.165, 1.54) is 9.36 Å². The number of aromatic nitrogens is 4. The highest BCUT2D eigenvalue weighted by atomic mass is 16.5. The SMILES string of the molecule is CCc1cc(O)ccc1OCc1c(CC)cccc1-n1nnn(C)c1=O. The first-order valence-electron chi connectivity index (χ1n) is 8.60. The molecular formula is C19H22N4O3. The van der Waals surface area contributed by atoms with E-state index in [-0.39, 0.29) is 11.4 Å². The lowest BCUT2D eigenvalue weighted by Crippen LogP contribution is -2.23. The molecule has 136 valence electrons. The van der Waals surface area contributed by atoms with E-state index in [4.69, 9.17) is 4.74 Å². The van der Waals surface area contributed by atoms with Crippen molar-refractivity contribution in [2.75, 3.05) is 0 Å². The molecule has 1 aromatic heterocycles. The molecule has 0 aliphatic heterocycles. The quantitative estimate of drug-likeness (QED) is 0.735. The van der Waals surface area contributed by atoms with Crippen LogP contribution in [-0.2, 0) is 26.5 Å². The molecule has 7 heteroatoms. The van der Waals surface area contributed by atoms with Gasteiger partial charge in [0, 0.05) is 12.6 Å². The van der Waals surface area contributed by atoms with Crippen molar-refractivity contribution in [3.8, 4) is 17.2 Å². The summed E-state index contributed by atoms with van der Waals surface area (Å²) < 4.78 is 8.52. The molecule has 0 spiro atoms. The van der Waals surface area contributed by atoms with Gasteiger partial charge >= 0.3 is 5.69 Å². The van der Waals surface area contributed by atoms with Gasteiger partial charge in [0.05, 0.1) is 5.69 Å². The Balaban J connectivity index is 1.99. The molecule has 2 aromatic carbocycles. The van der Waals surface area contributed by atoms with Gasteiger partial charge in [-0.05, 0) is 58.7 Å². The van der Waals surface area contributed by atoms with Gasteiger partial charge in [0.1, 0.15) is 18.1 Å². The molecule has 3 rings (SSSR count). The summed E-state index contributed by atoms with van der Waals surface area (Å²) in [5, 5.41) is 17.4. The van der Waals surface area contributed by atoms with Crippen molar-refractivity contribution in [2.24, 2.45) is 7.05 Å². The summed E-state index contributed by atoms with van der Waals surface area (Å²) in [5.41, 5.74) is 3.26. The largest absolute Gasteiger partial charge is 0.508 e. The summed E-state index contributed by atoms with van der Waals surface area (Å²) in [6.07, 6.45) is 1.55. The molecule has 26 heavy (non-hydrogen) atoms. The van der Waals surface area contributed by atoms with E-state index in [0.29, 0.717) is 18.0 Å². The molecular weight excluding hydrogens is 332 g/mol. The predicted molar refractivity (Wildman–Crippen MR) is 97.8 cm³/mol. The standard InChI is InChI=1S/C19H22N4O3/c1-4-13-7-6-8-17(23-19(25)22(3)20-21-23)16(13)12-26-18-10-9-15(24)11-14(18)5-2/h6-11,24H,4-5,12H2,1-3H3. The summed E-state index contributed by atoms with van der Waals surface area (Å²) in [5.74, 6) is 0.934. The Labute approximate surface area is 151 Å². The van der Waals surface area contributed by atoms with E-state index in [1.54, 1.807) is 25.2 Å². The summed E-state index contributed by atoms with van der Waals surface area (Å²) in [4.78, 5) is 12.3. The van der Waals surface area contributed by atoms with E-state index >= 15 is 0 Å². The fraction of sp³-hybridized carbons (Fsp3) is 0.316. The minimum atomic E-state index is -0.307. The highest BCUT2D eigenvalue weighted by molar-refractivity contribution is 5.46. The Hall–Kier alpha value is -3.09. The van der Waals surface area contributed by atoms with Crippen molar-refractivity contribution in [1.29, 1.82) is 0 Å². The molecule has 0 saturated carbocycles. The second-order valence-corrected chi connectivity index (χ2v) is 6.00. The van der Waals surface area contributed by atoms with Gasteiger partial charge in [0.2, 0.25) is 0 Å². The first-order chi connectivity index (χ1) is 12.5. The fourth-order valence-corrected chi connectivity index (χ4v) is 2.92. The number of rotatable bonds is 6. The van der Waals surface area contributed by atoms with Crippen molar-refractivity contribution < 1.29 is 9.84 Å². The summed E-state index contributed by atoms with van der Waals surface area (Å²) in [7, 11) is 1.57. The number of ether oxygens (including phenoxy) is 1. The lowest BCUT2D eigenvalue weighted by atomic mass is 10.0. The number of phenolic OH excluding ortho intramolecular Hbond substituents is 1. The molecule has 0 saturated heterocycles. The summed E-state index contributed by atoms with van der Waals surface area (Å²) >= 11 is 0. The van der Waals surface area contributed by atoms with Gasteiger partial charge in [-0.3, -0.25) is 0 Å². The van der Waals surface area contributed by atoms with Crippen molar-refractivity contribution in [3.05, 3.63) is 63.6 Å². The third-order valence-corrected chi connectivity index (χ3v) is 4.38. The zero-order chi connectivity index (χ0) is 18.7. The number of tetrazole rings is 1. The highest BCUT2D eigenvalue weighted by Gasteiger charge is 2.15. The van der Waals surface area contributed by atoms with Crippen molar-refractivity contribution in [2.45, 2.75) is 33.3 Å². The maximum absolute atomic E-state index is 12.3. The summed E-state index contributed by atoms with van der Waals surface area (Å²) in [6.45, 7) is 4.35. The van der Waals surface area contributed by atoms with E-state index in [2.05, 4.69) is 17.4 Å². The van der Waals surface area contributed by atoms with E-state index in [1.807, 2.05) is 25.1 Å². The monoisotopic (exact) mass is 354 g/mol. The van der Waals surface area contributed by atoms with Crippen LogP contribution in [0.3, 0.4) is 0 Å². The second-order valence-electron chi connectivity index (χ2n) is 6.00. The Morgan fingerprint density at radius 2 is 1.85 bits per heavy atom. The van der Waals surface area contributed by atoms with Crippen LogP contribution >= 0.6 is 0 Å². The number of hydrogen-bond donors (Lipinski definition) is 1. The number of aryl methyl sites for hydroxylation is 3. The van der Waals surface area contributed by atoms with Crippen molar-refractivity contribution >= 4 is 0 Å². The average Bonchev–Trinajstić information content (AvgIpc) is 2.99. The van der Waals surface area contributed by atoms with Crippen LogP contribution < -0.4 is 10.4 Å². The lowest BCUT2D eigenvalue weighted by Gasteiger charge is -2.16. The van der Waals surface area contributed by atoms with Gasteiger partial charge in [-0.2, -0.15) is 9.36 Å². The molecule has 0 unspecified atom stereocenters. The first kappa shape index (κ1) is 17.7. The molecule has 0 bridgehead atoms. The second kappa shape index (κ2) is 7.43. The summed E-state index contributed by atoms with van der Waals surface area (Å²) in [6, 6.07) is 10.8. The van der Waals surface area contributed by atoms with Gasteiger partial charge in [0.15, 0.2) is 0 Å². The normalized spacial score (nSPS) is 10.9. The Kier molecular flexibility index (Phi) is 5.06. The Bertz CT molecular complexity index is 975. The van der Waals surface area contributed by atoms with Gasteiger partial charge in [-0.15, -0.1) is 0 Å². The number of hydrogen-bond acceptors (Lipinski definition) is 5. The van der Waals surface area contributed by atoms with E-state index in [0.717, 1.165) is 29.5 Å². The van der Waals surface area contributed by atoms with Crippen LogP contribution in [0.25, 0.3) is 5.69 Å². The molecule has 3 aromatic rings. The minimum Gasteiger partial charge on any atom is -0.508 e. The minimum absolute atomic E-state index is 0.218. The molecule has 0 fully saturated rings. The highest BCUT2D eigenvalue weighted by Crippen LogP contribution is 2.26. The average molecular weight is 354 g/mol. The molecule has 0 atom stereocenters. The number of benzene rings is 2. The molecule has 1 N–H and O–H groups in total. The zero-order valence-electron chi connectivity index (χ0n) is 15.1. The van der Waals surface area contributed by atoms with Gasteiger partial charge in [-0.1, -0.05) is 26.0 Å². The Morgan fingerprint density at radius 1 is 1.08 bits per heavy atom. The first-order valence-corrected chi connectivity index (χ1v) is 8.60. The smallest absolute Gasteiger partial charge is 0.368 e.